The molecule has 90 valence electrons. The third-order valence-electron chi connectivity index (χ3n) is 3.08. The number of nitrogens with one attached hydrogen (secondary N) is 1. The number of halogens is 1. The summed E-state index contributed by atoms with van der Waals surface area (Å²) in [5.74, 6) is -0.137. The summed E-state index contributed by atoms with van der Waals surface area (Å²) in [4.78, 5) is 2.13. The van der Waals surface area contributed by atoms with Crippen molar-refractivity contribution in [2.24, 2.45) is 0 Å². The minimum absolute atomic E-state index is 0.137. The lowest BCUT2D eigenvalue weighted by Gasteiger charge is -2.28. The molecule has 2 nitrogen and oxygen atoms in total. The molecule has 0 saturated carbocycles. The normalized spacial score (nSPS) is 12.6. The molecule has 0 aliphatic rings. The maximum Gasteiger partial charge on any atom is 0.129 e. The Morgan fingerprint density at radius 1 is 1.44 bits per heavy atom. The van der Waals surface area contributed by atoms with Gasteiger partial charge in [0, 0.05) is 30.9 Å². The van der Waals surface area contributed by atoms with Crippen LogP contribution in [0.25, 0.3) is 0 Å². The zero-order chi connectivity index (χ0) is 12.1. The predicted molar refractivity (Wildman–Crippen MR) is 67.3 cm³/mol. The molecule has 0 aromatic heterocycles. The Morgan fingerprint density at radius 2 is 2.12 bits per heavy atom. The molecule has 1 unspecified atom stereocenters. The number of rotatable bonds is 5. The number of anilines is 1. The molecule has 0 amide bonds. The second-order valence-electron chi connectivity index (χ2n) is 4.14. The highest BCUT2D eigenvalue weighted by molar-refractivity contribution is 5.54. The van der Waals surface area contributed by atoms with Gasteiger partial charge < -0.3 is 10.2 Å². The van der Waals surface area contributed by atoms with Gasteiger partial charge >= 0.3 is 0 Å². The number of nitrogens with zero attached hydrogens (tertiary/aromatic N) is 1. The van der Waals surface area contributed by atoms with Gasteiger partial charge in [-0.2, -0.15) is 0 Å². The Kier molecular flexibility index (Phi) is 4.74. The molecule has 0 spiro atoms. The summed E-state index contributed by atoms with van der Waals surface area (Å²) in [5.41, 5.74) is 1.72. The highest BCUT2D eigenvalue weighted by atomic mass is 19.1. The molecular formula is C13H21FN2. The third kappa shape index (κ3) is 2.73. The van der Waals surface area contributed by atoms with Crippen molar-refractivity contribution in [3.8, 4) is 0 Å². The van der Waals surface area contributed by atoms with Crippen LogP contribution in [0, 0.1) is 5.82 Å². The van der Waals surface area contributed by atoms with Crippen molar-refractivity contribution in [1.29, 1.82) is 0 Å². The van der Waals surface area contributed by atoms with E-state index in [0.717, 1.165) is 17.7 Å². The van der Waals surface area contributed by atoms with Gasteiger partial charge in [-0.15, -0.1) is 0 Å². The highest BCUT2D eigenvalue weighted by Crippen LogP contribution is 2.24. The molecule has 0 heterocycles. The first-order chi connectivity index (χ1) is 7.61. The van der Waals surface area contributed by atoms with Gasteiger partial charge in [-0.05, 0) is 32.5 Å². The average Bonchev–Trinajstić information content (AvgIpc) is 2.30. The summed E-state index contributed by atoms with van der Waals surface area (Å²) in [6.45, 7) is 4.84. The summed E-state index contributed by atoms with van der Waals surface area (Å²) in [6, 6.07) is 5.67. The van der Waals surface area contributed by atoms with Crippen LogP contribution in [0.3, 0.4) is 0 Å². The monoisotopic (exact) mass is 224 g/mol. The second kappa shape index (κ2) is 5.85. The SMILES string of the molecule is CCC(C)N(C)c1cccc(F)c1CNC. The van der Waals surface area contributed by atoms with Crippen molar-refractivity contribution in [1.82, 2.24) is 5.32 Å². The largest absolute Gasteiger partial charge is 0.372 e. The quantitative estimate of drug-likeness (QED) is 0.827. The zero-order valence-corrected chi connectivity index (χ0v) is 10.5. The van der Waals surface area contributed by atoms with Gasteiger partial charge in [0.05, 0.1) is 0 Å². The molecule has 3 heteroatoms. The van der Waals surface area contributed by atoms with Gasteiger partial charge in [-0.3, -0.25) is 0 Å². The molecule has 0 saturated heterocycles. The van der Waals surface area contributed by atoms with Gasteiger partial charge in [0.2, 0.25) is 0 Å². The van der Waals surface area contributed by atoms with Crippen molar-refractivity contribution in [3.05, 3.63) is 29.6 Å². The molecule has 0 aliphatic heterocycles. The van der Waals surface area contributed by atoms with E-state index in [1.165, 1.54) is 6.07 Å². The van der Waals surface area contributed by atoms with E-state index in [1.54, 1.807) is 6.07 Å². The van der Waals surface area contributed by atoms with Crippen LogP contribution < -0.4 is 10.2 Å². The van der Waals surface area contributed by atoms with E-state index in [4.69, 9.17) is 0 Å². The summed E-state index contributed by atoms with van der Waals surface area (Å²) < 4.78 is 13.7. The number of benzene rings is 1. The Balaban J connectivity index is 3.06. The van der Waals surface area contributed by atoms with Crippen molar-refractivity contribution in [3.63, 3.8) is 0 Å². The van der Waals surface area contributed by atoms with Crippen molar-refractivity contribution in [2.45, 2.75) is 32.9 Å². The topological polar surface area (TPSA) is 15.3 Å². The Bertz CT molecular complexity index is 339. The molecule has 0 bridgehead atoms. The van der Waals surface area contributed by atoms with E-state index in [9.17, 15) is 4.39 Å². The first-order valence-electron chi connectivity index (χ1n) is 5.76. The van der Waals surface area contributed by atoms with Crippen LogP contribution in [-0.2, 0) is 6.54 Å². The maximum absolute atomic E-state index is 13.7. The van der Waals surface area contributed by atoms with Crippen LogP contribution in [0.2, 0.25) is 0 Å². The molecule has 0 aliphatic carbocycles. The molecule has 0 fully saturated rings. The lowest BCUT2D eigenvalue weighted by atomic mass is 10.1. The molecule has 0 radical (unpaired) electrons. The average molecular weight is 224 g/mol. The molecule has 1 aromatic carbocycles. The van der Waals surface area contributed by atoms with Crippen LogP contribution in [0.4, 0.5) is 10.1 Å². The highest BCUT2D eigenvalue weighted by Gasteiger charge is 2.14. The van der Waals surface area contributed by atoms with Crippen molar-refractivity contribution in [2.75, 3.05) is 19.0 Å². The fourth-order valence-corrected chi connectivity index (χ4v) is 1.74. The fraction of sp³-hybridized carbons (Fsp3) is 0.538. The van der Waals surface area contributed by atoms with Crippen LogP contribution in [0.1, 0.15) is 25.8 Å². The Hall–Kier alpha value is -1.09. The second-order valence-corrected chi connectivity index (χ2v) is 4.14. The number of hydrogen-bond donors (Lipinski definition) is 1. The predicted octanol–water partition coefficient (Wildman–Crippen LogP) is 2.78. The number of hydrogen-bond acceptors (Lipinski definition) is 2. The maximum atomic E-state index is 13.7. The third-order valence-corrected chi connectivity index (χ3v) is 3.08. The fourth-order valence-electron chi connectivity index (χ4n) is 1.74. The Morgan fingerprint density at radius 3 is 2.69 bits per heavy atom. The van der Waals surface area contributed by atoms with E-state index >= 15 is 0 Å². The molecule has 16 heavy (non-hydrogen) atoms. The van der Waals surface area contributed by atoms with Gasteiger partial charge in [-0.1, -0.05) is 13.0 Å². The molecule has 1 atom stereocenters. The lowest BCUT2D eigenvalue weighted by Crippen LogP contribution is -2.29. The van der Waals surface area contributed by atoms with E-state index in [0.29, 0.717) is 12.6 Å². The standard InChI is InChI=1S/C13H21FN2/c1-5-10(2)16(4)13-8-6-7-12(14)11(13)9-15-3/h6-8,10,15H,5,9H2,1-4H3. The van der Waals surface area contributed by atoms with Crippen LogP contribution in [0.5, 0.6) is 0 Å². The summed E-state index contributed by atoms with van der Waals surface area (Å²) in [6.07, 6.45) is 1.05. The van der Waals surface area contributed by atoms with Gasteiger partial charge in [0.1, 0.15) is 5.82 Å². The smallest absolute Gasteiger partial charge is 0.129 e. The first kappa shape index (κ1) is 13.0. The minimum Gasteiger partial charge on any atom is -0.372 e. The van der Waals surface area contributed by atoms with E-state index in [1.807, 2.05) is 20.2 Å². The van der Waals surface area contributed by atoms with E-state index in [-0.39, 0.29) is 5.82 Å². The summed E-state index contributed by atoms with van der Waals surface area (Å²) in [5, 5.41) is 3.01. The van der Waals surface area contributed by atoms with Crippen molar-refractivity contribution >= 4 is 5.69 Å². The van der Waals surface area contributed by atoms with Gasteiger partial charge in [0.25, 0.3) is 0 Å². The van der Waals surface area contributed by atoms with Crippen LogP contribution in [0.15, 0.2) is 18.2 Å². The van der Waals surface area contributed by atoms with E-state index in [2.05, 4.69) is 24.1 Å². The summed E-state index contributed by atoms with van der Waals surface area (Å²) in [7, 11) is 3.85. The van der Waals surface area contributed by atoms with Crippen molar-refractivity contribution < 1.29 is 4.39 Å². The molecule has 1 aromatic rings. The zero-order valence-electron chi connectivity index (χ0n) is 10.5. The van der Waals surface area contributed by atoms with Crippen LogP contribution >= 0.6 is 0 Å². The van der Waals surface area contributed by atoms with E-state index < -0.39 is 0 Å². The molecule has 1 rings (SSSR count). The lowest BCUT2D eigenvalue weighted by molar-refractivity contribution is 0.594. The summed E-state index contributed by atoms with van der Waals surface area (Å²) >= 11 is 0. The molecular weight excluding hydrogens is 203 g/mol. The molecule has 1 N–H and O–H groups in total. The van der Waals surface area contributed by atoms with Crippen LogP contribution in [-0.4, -0.2) is 20.1 Å². The minimum atomic E-state index is -0.137. The Labute approximate surface area is 97.5 Å². The van der Waals surface area contributed by atoms with Gasteiger partial charge in [0.15, 0.2) is 0 Å². The van der Waals surface area contributed by atoms with Gasteiger partial charge in [-0.25, -0.2) is 4.39 Å². The first-order valence-corrected chi connectivity index (χ1v) is 5.76.